The van der Waals surface area contributed by atoms with Gasteiger partial charge in [0, 0.05) is 16.5 Å². The number of nitrogens with two attached hydrogens (primary N) is 1. The van der Waals surface area contributed by atoms with E-state index in [2.05, 4.69) is 5.32 Å². The van der Waals surface area contributed by atoms with Gasteiger partial charge in [-0.2, -0.15) is 16.8 Å². The molecular weight excluding hydrogens is 436 g/mol. The number of carbonyl (C=O) groups is 1. The van der Waals surface area contributed by atoms with Gasteiger partial charge in [0.2, 0.25) is 0 Å². The zero-order chi connectivity index (χ0) is 22.4. The predicted octanol–water partition coefficient (Wildman–Crippen LogP) is 2.18. The van der Waals surface area contributed by atoms with E-state index in [1.807, 2.05) is 0 Å². The van der Waals surface area contributed by atoms with Gasteiger partial charge in [0.15, 0.2) is 0 Å². The topological polar surface area (TPSA) is 184 Å². The first-order chi connectivity index (χ1) is 13.8. The first-order valence-electron chi connectivity index (χ1n) is 8.22. The molecule has 3 aromatic rings. The smallest absolute Gasteiger partial charge is 0.296 e. The average Bonchev–Trinajstić information content (AvgIpc) is 2.59. The van der Waals surface area contributed by atoms with Gasteiger partial charge < -0.3 is 16.2 Å². The quantitative estimate of drug-likeness (QED) is 0.292. The SMILES string of the molecule is Cc1cccc(N)c1C(=O)Nc1cc(S(=O)(=O)O)c(S(=O)(=O)O)c2cccc(O)c12. The molecule has 0 aliphatic carbocycles. The molecule has 0 saturated carbocycles. The highest BCUT2D eigenvalue weighted by molar-refractivity contribution is 7.89. The van der Waals surface area contributed by atoms with E-state index in [0.29, 0.717) is 11.6 Å². The van der Waals surface area contributed by atoms with Gasteiger partial charge in [-0.3, -0.25) is 13.9 Å². The molecular formula is C18H16N2O8S2. The number of aryl methyl sites for hydroxylation is 1. The highest BCUT2D eigenvalue weighted by Crippen LogP contribution is 2.40. The number of nitrogens with one attached hydrogen (secondary N) is 1. The Labute approximate surface area is 171 Å². The van der Waals surface area contributed by atoms with Crippen LogP contribution in [0.15, 0.2) is 52.3 Å². The molecule has 6 N–H and O–H groups in total. The second-order valence-corrected chi connectivity index (χ2v) is 9.14. The van der Waals surface area contributed by atoms with Crippen LogP contribution < -0.4 is 11.1 Å². The van der Waals surface area contributed by atoms with E-state index in [0.717, 1.165) is 6.07 Å². The van der Waals surface area contributed by atoms with E-state index in [1.54, 1.807) is 19.1 Å². The van der Waals surface area contributed by atoms with Crippen LogP contribution in [0.1, 0.15) is 15.9 Å². The molecule has 0 unspecified atom stereocenters. The summed E-state index contributed by atoms with van der Waals surface area (Å²) in [6, 6.07) is 8.82. The molecule has 10 nitrogen and oxygen atoms in total. The highest BCUT2D eigenvalue weighted by atomic mass is 32.2. The maximum absolute atomic E-state index is 12.8. The fraction of sp³-hybridized carbons (Fsp3) is 0.0556. The predicted molar refractivity (Wildman–Crippen MR) is 109 cm³/mol. The van der Waals surface area contributed by atoms with Gasteiger partial charge in [-0.05, 0) is 30.7 Å². The van der Waals surface area contributed by atoms with Crippen molar-refractivity contribution in [1.29, 1.82) is 0 Å². The van der Waals surface area contributed by atoms with Crippen molar-refractivity contribution in [3.8, 4) is 5.75 Å². The second-order valence-electron chi connectivity index (χ2n) is 6.39. The van der Waals surface area contributed by atoms with Gasteiger partial charge in [-0.25, -0.2) is 0 Å². The third-order valence-electron chi connectivity index (χ3n) is 4.37. The Kier molecular flexibility index (Phi) is 5.20. The minimum absolute atomic E-state index is 0.0772. The lowest BCUT2D eigenvalue weighted by molar-refractivity contribution is 0.102. The molecule has 0 spiro atoms. The fourth-order valence-electron chi connectivity index (χ4n) is 3.16. The molecule has 0 aromatic heterocycles. The number of hydrogen-bond acceptors (Lipinski definition) is 7. The monoisotopic (exact) mass is 452 g/mol. The Balaban J connectivity index is 2.37. The number of benzene rings is 3. The minimum Gasteiger partial charge on any atom is -0.507 e. The van der Waals surface area contributed by atoms with Crippen LogP contribution in [0, 0.1) is 6.92 Å². The number of rotatable bonds is 4. The number of amides is 1. The lowest BCUT2D eigenvalue weighted by Crippen LogP contribution is -2.17. The van der Waals surface area contributed by atoms with Crippen molar-refractivity contribution in [2.75, 3.05) is 11.1 Å². The van der Waals surface area contributed by atoms with E-state index < -0.39 is 47.1 Å². The molecule has 1 amide bonds. The lowest BCUT2D eigenvalue weighted by Gasteiger charge is -2.16. The molecule has 0 radical (unpaired) electrons. The lowest BCUT2D eigenvalue weighted by atomic mass is 10.0. The maximum Gasteiger partial charge on any atom is 0.296 e. The van der Waals surface area contributed by atoms with Crippen molar-refractivity contribution in [3.05, 3.63) is 53.6 Å². The molecule has 0 bridgehead atoms. The first-order valence-corrected chi connectivity index (χ1v) is 11.1. The number of hydrogen-bond donors (Lipinski definition) is 5. The molecule has 3 rings (SSSR count). The van der Waals surface area contributed by atoms with Crippen molar-refractivity contribution in [2.24, 2.45) is 0 Å². The van der Waals surface area contributed by atoms with Gasteiger partial charge in [0.05, 0.1) is 11.3 Å². The van der Waals surface area contributed by atoms with Crippen LogP contribution in [0.5, 0.6) is 5.75 Å². The molecule has 158 valence electrons. The van der Waals surface area contributed by atoms with E-state index >= 15 is 0 Å². The van der Waals surface area contributed by atoms with Crippen molar-refractivity contribution in [1.82, 2.24) is 0 Å². The number of phenolic OH excluding ortho intramolecular Hbond substituents is 1. The summed E-state index contributed by atoms with van der Waals surface area (Å²) in [4.78, 5) is 10.5. The molecule has 12 heteroatoms. The van der Waals surface area contributed by atoms with E-state index in [1.165, 1.54) is 18.2 Å². The Bertz CT molecular complexity index is 1390. The zero-order valence-electron chi connectivity index (χ0n) is 15.3. The summed E-state index contributed by atoms with van der Waals surface area (Å²) >= 11 is 0. The number of fused-ring (bicyclic) bond motifs is 1. The zero-order valence-corrected chi connectivity index (χ0v) is 17.0. The molecule has 0 saturated heterocycles. The number of aromatic hydroxyl groups is 1. The Morgan fingerprint density at radius 3 is 2.20 bits per heavy atom. The van der Waals surface area contributed by atoms with Gasteiger partial charge in [0.25, 0.3) is 26.1 Å². The van der Waals surface area contributed by atoms with Crippen LogP contribution in [0.2, 0.25) is 0 Å². The van der Waals surface area contributed by atoms with Crippen molar-refractivity contribution >= 4 is 48.3 Å². The van der Waals surface area contributed by atoms with Gasteiger partial charge in [0.1, 0.15) is 15.5 Å². The van der Waals surface area contributed by atoms with Crippen LogP contribution in [0.3, 0.4) is 0 Å². The van der Waals surface area contributed by atoms with Crippen LogP contribution in [-0.2, 0) is 20.2 Å². The van der Waals surface area contributed by atoms with E-state index in [4.69, 9.17) is 5.73 Å². The Hall–Kier alpha value is -3.19. The molecule has 0 heterocycles. The third kappa shape index (κ3) is 3.80. The molecule has 30 heavy (non-hydrogen) atoms. The summed E-state index contributed by atoms with van der Waals surface area (Å²) in [6.07, 6.45) is 0. The summed E-state index contributed by atoms with van der Waals surface area (Å²) in [5, 5.41) is 12.0. The number of nitrogen functional groups attached to an aromatic ring is 1. The van der Waals surface area contributed by atoms with E-state index in [-0.39, 0.29) is 22.3 Å². The van der Waals surface area contributed by atoms with Crippen LogP contribution in [0.4, 0.5) is 11.4 Å². The molecule has 0 fully saturated rings. The second kappa shape index (κ2) is 7.25. The third-order valence-corrected chi connectivity index (χ3v) is 6.33. The summed E-state index contributed by atoms with van der Waals surface area (Å²) in [5.74, 6) is -1.27. The molecule has 0 aliphatic heterocycles. The molecule has 0 atom stereocenters. The highest BCUT2D eigenvalue weighted by Gasteiger charge is 2.30. The first kappa shape index (κ1) is 21.5. The summed E-state index contributed by atoms with van der Waals surface area (Å²) in [7, 11) is -10.3. The fourth-order valence-corrected chi connectivity index (χ4v) is 5.16. The number of phenols is 1. The van der Waals surface area contributed by atoms with Gasteiger partial charge in [-0.15, -0.1) is 0 Å². The van der Waals surface area contributed by atoms with Crippen molar-refractivity contribution in [3.63, 3.8) is 0 Å². The van der Waals surface area contributed by atoms with Crippen LogP contribution >= 0.6 is 0 Å². The summed E-state index contributed by atoms with van der Waals surface area (Å²) < 4.78 is 66.5. The minimum atomic E-state index is -5.16. The van der Waals surface area contributed by atoms with E-state index in [9.17, 15) is 35.8 Å². The molecule has 3 aromatic carbocycles. The Morgan fingerprint density at radius 1 is 1.00 bits per heavy atom. The average molecular weight is 452 g/mol. The summed E-state index contributed by atoms with van der Waals surface area (Å²) in [5.41, 5.74) is 6.23. The van der Waals surface area contributed by atoms with Crippen molar-refractivity contribution < 1.29 is 35.8 Å². The normalized spacial score (nSPS) is 12.1. The van der Waals surface area contributed by atoms with Gasteiger partial charge in [-0.1, -0.05) is 24.3 Å². The Morgan fingerprint density at radius 2 is 1.63 bits per heavy atom. The summed E-state index contributed by atoms with van der Waals surface area (Å²) in [6.45, 7) is 1.62. The largest absolute Gasteiger partial charge is 0.507 e. The standard InChI is InChI=1S/C18H16N2O8S2/c1-9-4-2-6-11(19)15(9)18(22)20-12-8-14(29(23,24)25)17(30(26,27)28)10-5-3-7-13(21)16(10)12/h2-8,21H,19H2,1H3,(H,20,22)(H,23,24,25)(H,26,27,28). The van der Waals surface area contributed by atoms with Crippen LogP contribution in [0.25, 0.3) is 10.8 Å². The van der Waals surface area contributed by atoms with Gasteiger partial charge >= 0.3 is 0 Å². The number of carbonyl (C=O) groups excluding carboxylic acids is 1. The maximum atomic E-state index is 12.8. The molecule has 0 aliphatic rings. The van der Waals surface area contributed by atoms with Crippen LogP contribution in [-0.4, -0.2) is 37.0 Å². The van der Waals surface area contributed by atoms with Crippen molar-refractivity contribution in [2.45, 2.75) is 16.7 Å². The number of anilines is 2.